The van der Waals surface area contributed by atoms with Gasteiger partial charge in [0.05, 0.1) is 17.6 Å². The summed E-state index contributed by atoms with van der Waals surface area (Å²) in [5, 5.41) is 5.66. The predicted octanol–water partition coefficient (Wildman–Crippen LogP) is 2.61. The standard InChI is InChI=1S/C18H20N6O2/c1-4-17(25)23-13-6-5-7-15(8-13)26-18-12(2)21-11-16(24-18)22-14(9-19)10-20-3/h4-11H,1,19H2,2-3H3,(H,22,24)(H,23,25)/b14-9+,20-10?. The molecule has 0 saturated carbocycles. The monoisotopic (exact) mass is 352 g/mol. The van der Waals surface area contributed by atoms with Crippen LogP contribution in [0.15, 0.2) is 60.0 Å². The second-order valence-corrected chi connectivity index (χ2v) is 5.10. The predicted molar refractivity (Wildman–Crippen MR) is 102 cm³/mol. The quantitative estimate of drug-likeness (QED) is 0.521. The summed E-state index contributed by atoms with van der Waals surface area (Å²) in [5.41, 5.74) is 7.30. The van der Waals surface area contributed by atoms with Crippen LogP contribution < -0.4 is 21.1 Å². The number of hydrogen-bond donors (Lipinski definition) is 3. The Kier molecular flexibility index (Phi) is 6.44. The van der Waals surface area contributed by atoms with Crippen LogP contribution in [0.5, 0.6) is 11.6 Å². The van der Waals surface area contributed by atoms with E-state index in [9.17, 15) is 4.79 Å². The van der Waals surface area contributed by atoms with Crippen molar-refractivity contribution in [3.8, 4) is 11.6 Å². The molecule has 1 amide bonds. The van der Waals surface area contributed by atoms with Crippen molar-refractivity contribution >= 4 is 23.6 Å². The van der Waals surface area contributed by atoms with Gasteiger partial charge in [-0.2, -0.15) is 4.98 Å². The van der Waals surface area contributed by atoms with E-state index in [2.05, 4.69) is 32.2 Å². The molecule has 0 aliphatic carbocycles. The van der Waals surface area contributed by atoms with E-state index in [1.165, 1.54) is 12.3 Å². The van der Waals surface area contributed by atoms with Gasteiger partial charge < -0.3 is 21.1 Å². The fourth-order valence-electron chi connectivity index (χ4n) is 1.94. The van der Waals surface area contributed by atoms with Crippen LogP contribution in [-0.4, -0.2) is 29.1 Å². The summed E-state index contributed by atoms with van der Waals surface area (Å²) in [4.78, 5) is 23.9. The third kappa shape index (κ3) is 5.17. The van der Waals surface area contributed by atoms with Crippen LogP contribution in [0.4, 0.5) is 11.5 Å². The summed E-state index contributed by atoms with van der Waals surface area (Å²) in [5.74, 6) is 0.986. The molecule has 0 bridgehead atoms. The Bertz CT molecular complexity index is 861. The van der Waals surface area contributed by atoms with E-state index in [4.69, 9.17) is 10.5 Å². The molecule has 0 unspecified atom stereocenters. The molecule has 0 saturated heterocycles. The van der Waals surface area contributed by atoms with Crippen molar-refractivity contribution in [3.63, 3.8) is 0 Å². The van der Waals surface area contributed by atoms with E-state index in [-0.39, 0.29) is 5.91 Å². The van der Waals surface area contributed by atoms with Gasteiger partial charge in [0.25, 0.3) is 0 Å². The molecule has 8 heteroatoms. The zero-order valence-electron chi connectivity index (χ0n) is 14.6. The van der Waals surface area contributed by atoms with Crippen LogP contribution in [0.1, 0.15) is 5.69 Å². The van der Waals surface area contributed by atoms with Crippen molar-refractivity contribution < 1.29 is 9.53 Å². The second kappa shape index (κ2) is 8.97. The van der Waals surface area contributed by atoms with Crippen molar-refractivity contribution in [1.29, 1.82) is 0 Å². The van der Waals surface area contributed by atoms with Gasteiger partial charge in [0.1, 0.15) is 5.75 Å². The first-order valence-electron chi connectivity index (χ1n) is 7.71. The number of ether oxygens (including phenoxy) is 1. The highest BCUT2D eigenvalue weighted by Gasteiger charge is 2.08. The van der Waals surface area contributed by atoms with Crippen molar-refractivity contribution in [1.82, 2.24) is 9.97 Å². The molecule has 2 aromatic rings. The normalized spacial score (nSPS) is 11.2. The Balaban J connectivity index is 2.21. The van der Waals surface area contributed by atoms with Crippen LogP contribution in [0, 0.1) is 6.92 Å². The first-order valence-corrected chi connectivity index (χ1v) is 7.71. The number of anilines is 2. The zero-order valence-corrected chi connectivity index (χ0v) is 14.6. The van der Waals surface area contributed by atoms with E-state index < -0.39 is 0 Å². The number of nitrogens with two attached hydrogens (primary N) is 1. The Morgan fingerprint density at radius 3 is 2.88 bits per heavy atom. The molecule has 0 spiro atoms. The largest absolute Gasteiger partial charge is 0.437 e. The third-order valence-electron chi connectivity index (χ3n) is 3.13. The Labute approximate surface area is 151 Å². The van der Waals surface area contributed by atoms with Gasteiger partial charge in [0.15, 0.2) is 5.82 Å². The van der Waals surface area contributed by atoms with Gasteiger partial charge in [-0.3, -0.25) is 14.8 Å². The number of allylic oxidation sites excluding steroid dienone is 1. The van der Waals surface area contributed by atoms with E-state index in [1.54, 1.807) is 50.6 Å². The van der Waals surface area contributed by atoms with E-state index in [0.717, 1.165) is 0 Å². The number of hydrogen-bond acceptors (Lipinski definition) is 7. The molecule has 8 nitrogen and oxygen atoms in total. The smallest absolute Gasteiger partial charge is 0.247 e. The number of amides is 1. The minimum Gasteiger partial charge on any atom is -0.437 e. The van der Waals surface area contributed by atoms with Crippen molar-refractivity contribution in [2.75, 3.05) is 17.7 Å². The molecular formula is C18H20N6O2. The molecule has 0 radical (unpaired) electrons. The molecule has 0 atom stereocenters. The minimum atomic E-state index is -0.303. The summed E-state index contributed by atoms with van der Waals surface area (Å²) in [7, 11) is 1.64. The Hall–Kier alpha value is -3.68. The summed E-state index contributed by atoms with van der Waals surface area (Å²) >= 11 is 0. The first-order chi connectivity index (χ1) is 12.5. The molecule has 0 aliphatic heterocycles. The Morgan fingerprint density at radius 1 is 1.38 bits per heavy atom. The maximum absolute atomic E-state index is 11.4. The van der Waals surface area contributed by atoms with Gasteiger partial charge in [-0.1, -0.05) is 12.6 Å². The van der Waals surface area contributed by atoms with Crippen molar-refractivity contribution in [3.05, 3.63) is 60.7 Å². The topological polar surface area (TPSA) is 115 Å². The van der Waals surface area contributed by atoms with Gasteiger partial charge in [-0.15, -0.1) is 0 Å². The molecule has 134 valence electrons. The van der Waals surface area contributed by atoms with Crippen LogP contribution in [0.2, 0.25) is 0 Å². The van der Waals surface area contributed by atoms with Gasteiger partial charge in [-0.25, -0.2) is 0 Å². The molecule has 0 fully saturated rings. The molecule has 1 heterocycles. The van der Waals surface area contributed by atoms with Crippen molar-refractivity contribution in [2.24, 2.45) is 10.7 Å². The van der Waals surface area contributed by atoms with Gasteiger partial charge in [0.2, 0.25) is 11.8 Å². The number of nitrogens with zero attached hydrogens (tertiary/aromatic N) is 3. The van der Waals surface area contributed by atoms with Gasteiger partial charge in [-0.05, 0) is 25.1 Å². The highest BCUT2D eigenvalue weighted by Crippen LogP contribution is 2.25. The number of nitrogens with one attached hydrogen (secondary N) is 2. The average Bonchev–Trinajstić information content (AvgIpc) is 2.64. The van der Waals surface area contributed by atoms with Gasteiger partial charge in [0, 0.05) is 31.2 Å². The fraction of sp³-hybridized carbons (Fsp3) is 0.111. The molecule has 1 aromatic carbocycles. The number of aliphatic imine (C=N–C) groups is 1. The average molecular weight is 352 g/mol. The summed E-state index contributed by atoms with van der Waals surface area (Å²) in [6.07, 6.45) is 5.70. The van der Waals surface area contributed by atoms with E-state index >= 15 is 0 Å². The minimum absolute atomic E-state index is 0.303. The van der Waals surface area contributed by atoms with Crippen LogP contribution in [0.25, 0.3) is 0 Å². The zero-order chi connectivity index (χ0) is 18.9. The Morgan fingerprint density at radius 2 is 2.19 bits per heavy atom. The van der Waals surface area contributed by atoms with Crippen LogP contribution >= 0.6 is 0 Å². The van der Waals surface area contributed by atoms with Gasteiger partial charge >= 0.3 is 0 Å². The lowest BCUT2D eigenvalue weighted by atomic mass is 10.3. The summed E-state index contributed by atoms with van der Waals surface area (Å²) < 4.78 is 5.81. The molecule has 4 N–H and O–H groups in total. The lowest BCUT2D eigenvalue weighted by Gasteiger charge is -2.11. The number of aryl methyl sites for hydroxylation is 1. The number of rotatable bonds is 7. The highest BCUT2D eigenvalue weighted by molar-refractivity contribution is 5.98. The maximum atomic E-state index is 11.4. The summed E-state index contributed by atoms with van der Waals surface area (Å²) in [6.45, 7) is 5.20. The highest BCUT2D eigenvalue weighted by atomic mass is 16.5. The number of benzene rings is 1. The number of carbonyl (C=O) groups is 1. The molecule has 1 aromatic heterocycles. The van der Waals surface area contributed by atoms with E-state index in [0.29, 0.717) is 34.5 Å². The second-order valence-electron chi connectivity index (χ2n) is 5.10. The van der Waals surface area contributed by atoms with E-state index in [1.807, 2.05) is 0 Å². The lowest BCUT2D eigenvalue weighted by Crippen LogP contribution is -2.07. The lowest BCUT2D eigenvalue weighted by molar-refractivity contribution is -0.111. The van der Waals surface area contributed by atoms with Crippen LogP contribution in [0.3, 0.4) is 0 Å². The first kappa shape index (κ1) is 18.7. The van der Waals surface area contributed by atoms with Crippen LogP contribution in [-0.2, 0) is 4.79 Å². The third-order valence-corrected chi connectivity index (χ3v) is 3.13. The SMILES string of the molecule is C=CC(=O)Nc1cccc(Oc2nc(N/C(C=NC)=C/N)cnc2C)c1. The fourth-order valence-corrected chi connectivity index (χ4v) is 1.94. The maximum Gasteiger partial charge on any atom is 0.247 e. The summed E-state index contributed by atoms with van der Waals surface area (Å²) in [6, 6.07) is 6.93. The number of aromatic nitrogens is 2. The molecule has 0 aliphatic rings. The molecular weight excluding hydrogens is 332 g/mol. The van der Waals surface area contributed by atoms with Crippen molar-refractivity contribution in [2.45, 2.75) is 6.92 Å². The molecule has 26 heavy (non-hydrogen) atoms. The number of carbonyl (C=O) groups excluding carboxylic acids is 1. The molecule has 2 rings (SSSR count).